The van der Waals surface area contributed by atoms with E-state index >= 15 is 0 Å². The van der Waals surface area contributed by atoms with Gasteiger partial charge in [0.25, 0.3) is 0 Å². The predicted molar refractivity (Wildman–Crippen MR) is 71.1 cm³/mol. The second kappa shape index (κ2) is 5.72. The first kappa shape index (κ1) is 13.4. The smallest absolute Gasteiger partial charge is 0.122 e. The van der Waals surface area contributed by atoms with Crippen LogP contribution in [0.2, 0.25) is 0 Å². The maximum Gasteiger partial charge on any atom is 0.122 e. The molecule has 0 fully saturated rings. The van der Waals surface area contributed by atoms with Crippen molar-refractivity contribution in [3.8, 4) is 5.75 Å². The molecule has 100 valence electrons. The fourth-order valence-electron chi connectivity index (χ4n) is 2.39. The van der Waals surface area contributed by atoms with E-state index in [0.29, 0.717) is 6.61 Å². The Balaban J connectivity index is 1.97. The van der Waals surface area contributed by atoms with Crippen LogP contribution in [-0.4, -0.2) is 31.0 Å². The third kappa shape index (κ3) is 3.03. The van der Waals surface area contributed by atoms with Crippen LogP contribution >= 0.6 is 0 Å². The molecule has 0 aromatic heterocycles. The molecule has 1 atom stereocenters. The fourth-order valence-corrected chi connectivity index (χ4v) is 2.39. The first-order valence-electron chi connectivity index (χ1n) is 6.63. The van der Waals surface area contributed by atoms with E-state index < -0.39 is 5.60 Å². The van der Waals surface area contributed by atoms with Gasteiger partial charge >= 0.3 is 0 Å². The van der Waals surface area contributed by atoms with Gasteiger partial charge in [0.1, 0.15) is 5.75 Å². The van der Waals surface area contributed by atoms with Gasteiger partial charge in [-0.3, -0.25) is 0 Å². The van der Waals surface area contributed by atoms with Crippen LogP contribution in [-0.2, 0) is 17.6 Å². The van der Waals surface area contributed by atoms with Crippen molar-refractivity contribution in [1.82, 2.24) is 0 Å². The normalized spacial score (nSPS) is 17.1. The van der Waals surface area contributed by atoms with Crippen LogP contribution in [0, 0.1) is 0 Å². The van der Waals surface area contributed by atoms with Crippen LogP contribution in [0.1, 0.15) is 30.9 Å². The molecule has 0 bridgehead atoms. The summed E-state index contributed by atoms with van der Waals surface area (Å²) in [5.74, 6) is 1.02. The first-order chi connectivity index (χ1) is 8.67. The summed E-state index contributed by atoms with van der Waals surface area (Å²) in [6.07, 6.45) is 3.33. The van der Waals surface area contributed by atoms with Gasteiger partial charge in [-0.25, -0.2) is 0 Å². The summed E-state index contributed by atoms with van der Waals surface area (Å²) >= 11 is 0. The molecule has 3 heteroatoms. The molecular weight excluding hydrogens is 228 g/mol. The van der Waals surface area contributed by atoms with E-state index in [2.05, 4.69) is 12.1 Å². The number of hydrogen-bond donors (Lipinski definition) is 1. The van der Waals surface area contributed by atoms with E-state index in [1.165, 1.54) is 11.1 Å². The molecule has 18 heavy (non-hydrogen) atoms. The third-order valence-electron chi connectivity index (χ3n) is 3.70. The van der Waals surface area contributed by atoms with Gasteiger partial charge < -0.3 is 14.6 Å². The average molecular weight is 250 g/mol. The van der Waals surface area contributed by atoms with Gasteiger partial charge in [0.05, 0.1) is 18.8 Å². The largest absolute Gasteiger partial charge is 0.493 e. The van der Waals surface area contributed by atoms with Crippen LogP contribution in [0.15, 0.2) is 18.2 Å². The number of ether oxygens (including phenoxy) is 2. The van der Waals surface area contributed by atoms with Gasteiger partial charge in [-0.15, -0.1) is 0 Å². The lowest BCUT2D eigenvalue weighted by Gasteiger charge is -2.25. The van der Waals surface area contributed by atoms with Gasteiger partial charge in [-0.1, -0.05) is 19.1 Å². The summed E-state index contributed by atoms with van der Waals surface area (Å²) in [6.45, 7) is 3.19. The second-order valence-electron chi connectivity index (χ2n) is 5.05. The Hall–Kier alpha value is -1.06. The Morgan fingerprint density at radius 2 is 2.28 bits per heavy atom. The van der Waals surface area contributed by atoms with Gasteiger partial charge in [0.15, 0.2) is 0 Å². The quantitative estimate of drug-likeness (QED) is 0.842. The van der Waals surface area contributed by atoms with Crippen molar-refractivity contribution in [1.29, 1.82) is 0 Å². The number of fused-ring (bicyclic) bond motifs is 1. The summed E-state index contributed by atoms with van der Waals surface area (Å²) < 4.78 is 10.6. The summed E-state index contributed by atoms with van der Waals surface area (Å²) in [6, 6.07) is 6.33. The van der Waals surface area contributed by atoms with E-state index in [0.717, 1.165) is 38.0 Å². The number of methoxy groups -OCH3 is 1. The zero-order valence-electron chi connectivity index (χ0n) is 11.2. The zero-order chi connectivity index (χ0) is 13.0. The molecule has 1 aliphatic rings. The van der Waals surface area contributed by atoms with Crippen LogP contribution in [0.3, 0.4) is 0 Å². The number of benzene rings is 1. The Morgan fingerprint density at radius 1 is 1.44 bits per heavy atom. The lowest BCUT2D eigenvalue weighted by atomic mass is 9.92. The highest BCUT2D eigenvalue weighted by Gasteiger charge is 2.24. The lowest BCUT2D eigenvalue weighted by molar-refractivity contribution is -0.0394. The van der Waals surface area contributed by atoms with Crippen molar-refractivity contribution in [2.75, 3.05) is 20.3 Å². The van der Waals surface area contributed by atoms with E-state index in [1.807, 2.05) is 13.0 Å². The van der Waals surface area contributed by atoms with E-state index in [1.54, 1.807) is 7.11 Å². The number of aliphatic hydroxyl groups is 1. The number of aryl methyl sites for hydroxylation is 1. The summed E-state index contributed by atoms with van der Waals surface area (Å²) in [7, 11) is 1.63. The van der Waals surface area contributed by atoms with Crippen molar-refractivity contribution in [3.63, 3.8) is 0 Å². The highest BCUT2D eigenvalue weighted by atomic mass is 16.5. The maximum atomic E-state index is 10.3. The van der Waals surface area contributed by atoms with Crippen molar-refractivity contribution in [3.05, 3.63) is 29.3 Å². The second-order valence-corrected chi connectivity index (χ2v) is 5.05. The molecule has 1 aliphatic heterocycles. The molecule has 1 N–H and O–H groups in total. The molecule has 1 aromatic rings. The standard InChI is InChI=1S/C15H22O3/c1-3-15(16,11-17-2)8-6-12-4-5-14-13(10-12)7-9-18-14/h4-5,10,16H,3,6-9,11H2,1-2H3. The SMILES string of the molecule is CCC(O)(CCc1ccc2c(c1)CCO2)COC. The average Bonchev–Trinajstić information content (AvgIpc) is 2.84. The molecule has 0 radical (unpaired) electrons. The summed E-state index contributed by atoms with van der Waals surface area (Å²) in [4.78, 5) is 0. The Kier molecular flexibility index (Phi) is 4.25. The topological polar surface area (TPSA) is 38.7 Å². The molecule has 1 heterocycles. The van der Waals surface area contributed by atoms with Crippen LogP contribution in [0.25, 0.3) is 0 Å². The molecule has 3 nitrogen and oxygen atoms in total. The molecule has 1 unspecified atom stereocenters. The van der Waals surface area contributed by atoms with Gasteiger partial charge in [-0.05, 0) is 36.5 Å². The number of hydrogen-bond acceptors (Lipinski definition) is 3. The van der Waals surface area contributed by atoms with Crippen LogP contribution in [0.5, 0.6) is 5.75 Å². The van der Waals surface area contributed by atoms with E-state index in [9.17, 15) is 5.11 Å². The molecule has 0 amide bonds. The third-order valence-corrected chi connectivity index (χ3v) is 3.70. The minimum atomic E-state index is -0.704. The molecule has 1 aromatic carbocycles. The molecular formula is C15H22O3. The molecule has 0 spiro atoms. The monoisotopic (exact) mass is 250 g/mol. The van der Waals surface area contributed by atoms with Crippen LogP contribution < -0.4 is 4.74 Å². The Labute approximate surface area is 109 Å². The minimum Gasteiger partial charge on any atom is -0.493 e. The van der Waals surface area contributed by atoms with Gasteiger partial charge in [-0.2, -0.15) is 0 Å². The summed E-state index contributed by atoms with van der Waals surface area (Å²) in [5.41, 5.74) is 1.85. The Morgan fingerprint density at radius 3 is 3.00 bits per heavy atom. The van der Waals surface area contributed by atoms with Crippen molar-refractivity contribution < 1.29 is 14.6 Å². The highest BCUT2D eigenvalue weighted by Crippen LogP contribution is 2.27. The first-order valence-corrected chi connectivity index (χ1v) is 6.63. The van der Waals surface area contributed by atoms with E-state index in [4.69, 9.17) is 9.47 Å². The molecule has 0 aliphatic carbocycles. The molecule has 0 saturated carbocycles. The summed E-state index contributed by atoms with van der Waals surface area (Å²) in [5, 5.41) is 10.3. The molecule has 2 rings (SSSR count). The van der Waals surface area contributed by atoms with E-state index in [-0.39, 0.29) is 0 Å². The van der Waals surface area contributed by atoms with Crippen molar-refractivity contribution in [2.45, 2.75) is 38.2 Å². The van der Waals surface area contributed by atoms with Gasteiger partial charge in [0, 0.05) is 13.5 Å². The van der Waals surface area contributed by atoms with Crippen LogP contribution in [0.4, 0.5) is 0 Å². The zero-order valence-corrected chi connectivity index (χ0v) is 11.2. The van der Waals surface area contributed by atoms with Crippen molar-refractivity contribution >= 4 is 0 Å². The predicted octanol–water partition coefficient (Wildman–Crippen LogP) is 2.34. The Bertz CT molecular complexity index is 403. The lowest BCUT2D eigenvalue weighted by Crippen LogP contribution is -2.33. The fraction of sp³-hybridized carbons (Fsp3) is 0.600. The van der Waals surface area contributed by atoms with Crippen molar-refractivity contribution in [2.24, 2.45) is 0 Å². The molecule has 0 saturated heterocycles. The van der Waals surface area contributed by atoms with Gasteiger partial charge in [0.2, 0.25) is 0 Å². The minimum absolute atomic E-state index is 0.400. The number of rotatable bonds is 6. The maximum absolute atomic E-state index is 10.3. The highest BCUT2D eigenvalue weighted by molar-refractivity contribution is 5.39.